The molecule has 3 N–H and O–H groups in total. The lowest BCUT2D eigenvalue weighted by atomic mass is 10.1. The maximum absolute atomic E-state index is 12.7. The largest absolute Gasteiger partial charge is 0.505 e. The molecule has 1 aromatic rings. The van der Waals surface area contributed by atoms with Crippen LogP contribution >= 0.6 is 0 Å². The fourth-order valence-electron chi connectivity index (χ4n) is 1.17. The lowest BCUT2D eigenvalue weighted by Crippen LogP contribution is -2.33. The van der Waals surface area contributed by atoms with Crippen LogP contribution in [0.2, 0.25) is 0 Å². The fraction of sp³-hybridized carbons (Fsp3) is 0.300. The van der Waals surface area contributed by atoms with E-state index in [2.05, 4.69) is 4.74 Å². The summed E-state index contributed by atoms with van der Waals surface area (Å²) in [5.41, 5.74) is 6.07. The molecule has 0 heterocycles. The normalized spacial score (nSPS) is 12.2. The van der Waals surface area contributed by atoms with Crippen LogP contribution in [0.3, 0.4) is 0 Å². The number of ether oxygens (including phenoxy) is 1. The third-order valence-electron chi connectivity index (χ3n) is 1.97. The van der Waals surface area contributed by atoms with E-state index in [1.54, 1.807) is 0 Å². The minimum absolute atomic E-state index is 0.195. The van der Waals surface area contributed by atoms with Crippen molar-refractivity contribution in [2.45, 2.75) is 12.5 Å². The minimum Gasteiger partial charge on any atom is -0.505 e. The summed E-state index contributed by atoms with van der Waals surface area (Å²) in [5, 5.41) is 9.08. The van der Waals surface area contributed by atoms with Crippen molar-refractivity contribution in [3.63, 3.8) is 0 Å². The number of nitrogens with two attached hydrogens (primary N) is 1. The Kier molecular flexibility index (Phi) is 3.62. The highest BCUT2D eigenvalue weighted by molar-refractivity contribution is 5.75. The number of phenols is 1. The first-order valence-electron chi connectivity index (χ1n) is 4.35. The molecule has 0 amide bonds. The number of benzene rings is 1. The Morgan fingerprint density at radius 2 is 2.33 bits per heavy atom. The topological polar surface area (TPSA) is 72.5 Å². The molecule has 0 saturated heterocycles. The number of hydrogen-bond donors (Lipinski definition) is 2. The second kappa shape index (κ2) is 4.75. The molecule has 0 saturated carbocycles. The van der Waals surface area contributed by atoms with E-state index in [4.69, 9.17) is 10.8 Å². The first-order chi connectivity index (χ1) is 7.04. The van der Waals surface area contributed by atoms with E-state index < -0.39 is 23.6 Å². The lowest BCUT2D eigenvalue weighted by molar-refractivity contribution is -0.142. The molecule has 0 aromatic heterocycles. The van der Waals surface area contributed by atoms with Crippen molar-refractivity contribution in [3.05, 3.63) is 29.6 Å². The molecule has 0 aliphatic rings. The van der Waals surface area contributed by atoms with E-state index >= 15 is 0 Å². The second-order valence-corrected chi connectivity index (χ2v) is 3.12. The molecule has 1 unspecified atom stereocenters. The van der Waals surface area contributed by atoms with Crippen LogP contribution in [-0.2, 0) is 16.0 Å². The van der Waals surface area contributed by atoms with Gasteiger partial charge in [-0.1, -0.05) is 6.07 Å². The van der Waals surface area contributed by atoms with Crippen molar-refractivity contribution in [2.75, 3.05) is 7.11 Å². The van der Waals surface area contributed by atoms with Crippen molar-refractivity contribution in [2.24, 2.45) is 5.73 Å². The lowest BCUT2D eigenvalue weighted by Gasteiger charge is -2.09. The smallest absolute Gasteiger partial charge is 0.322 e. The van der Waals surface area contributed by atoms with Crippen LogP contribution in [0.5, 0.6) is 5.75 Å². The van der Waals surface area contributed by atoms with Gasteiger partial charge in [0.15, 0.2) is 11.6 Å². The van der Waals surface area contributed by atoms with Gasteiger partial charge in [-0.15, -0.1) is 0 Å². The molecule has 0 aliphatic heterocycles. The van der Waals surface area contributed by atoms with Gasteiger partial charge in [0.1, 0.15) is 6.04 Å². The average Bonchev–Trinajstić information content (AvgIpc) is 2.22. The van der Waals surface area contributed by atoms with Crippen LogP contribution in [0.4, 0.5) is 4.39 Å². The van der Waals surface area contributed by atoms with E-state index in [0.29, 0.717) is 5.56 Å². The second-order valence-electron chi connectivity index (χ2n) is 3.12. The summed E-state index contributed by atoms with van der Waals surface area (Å²) in [6.07, 6.45) is 0.195. The Labute approximate surface area is 86.5 Å². The van der Waals surface area contributed by atoms with Crippen molar-refractivity contribution < 1.29 is 19.0 Å². The van der Waals surface area contributed by atoms with Crippen LogP contribution in [0, 0.1) is 5.82 Å². The summed E-state index contributed by atoms with van der Waals surface area (Å²) in [6, 6.07) is 3.00. The van der Waals surface area contributed by atoms with E-state index in [-0.39, 0.29) is 6.42 Å². The van der Waals surface area contributed by atoms with Crippen LogP contribution in [0.25, 0.3) is 0 Å². The standard InChI is InChI=1S/C10H12FNO3/c1-15-10(14)8(12)4-6-2-3-7(11)9(13)5-6/h2-3,5,8,13H,4,12H2,1H3. The van der Waals surface area contributed by atoms with Crippen LogP contribution in [-0.4, -0.2) is 24.2 Å². The fourth-order valence-corrected chi connectivity index (χ4v) is 1.17. The van der Waals surface area contributed by atoms with E-state index in [9.17, 15) is 9.18 Å². The number of hydrogen-bond acceptors (Lipinski definition) is 4. The summed E-state index contributed by atoms with van der Waals surface area (Å²) in [5.74, 6) is -1.70. The average molecular weight is 213 g/mol. The third kappa shape index (κ3) is 2.92. The molecular weight excluding hydrogens is 201 g/mol. The molecule has 0 fully saturated rings. The summed E-state index contributed by atoms with van der Waals surface area (Å²) < 4.78 is 17.1. The van der Waals surface area contributed by atoms with E-state index in [1.807, 2.05) is 0 Å². The Hall–Kier alpha value is -1.62. The number of phenolic OH excluding ortho intramolecular Hbond substituents is 1. The number of methoxy groups -OCH3 is 1. The van der Waals surface area contributed by atoms with Gasteiger partial charge >= 0.3 is 5.97 Å². The SMILES string of the molecule is COC(=O)C(N)Cc1ccc(F)c(O)c1. The van der Waals surface area contributed by atoms with Gasteiger partial charge in [-0.3, -0.25) is 4.79 Å². The minimum atomic E-state index is -0.806. The van der Waals surface area contributed by atoms with Crippen molar-refractivity contribution >= 4 is 5.97 Å². The van der Waals surface area contributed by atoms with Gasteiger partial charge in [0.2, 0.25) is 0 Å². The quantitative estimate of drug-likeness (QED) is 0.720. The van der Waals surface area contributed by atoms with Crippen molar-refractivity contribution in [3.8, 4) is 5.75 Å². The Morgan fingerprint density at radius 3 is 2.87 bits per heavy atom. The highest BCUT2D eigenvalue weighted by Crippen LogP contribution is 2.17. The highest BCUT2D eigenvalue weighted by atomic mass is 19.1. The predicted molar refractivity (Wildman–Crippen MR) is 51.8 cm³/mol. The Balaban J connectivity index is 2.73. The Bertz CT molecular complexity index is 368. The highest BCUT2D eigenvalue weighted by Gasteiger charge is 2.14. The monoisotopic (exact) mass is 213 g/mol. The molecular formula is C10H12FNO3. The maximum Gasteiger partial charge on any atom is 0.322 e. The number of esters is 1. The van der Waals surface area contributed by atoms with Crippen LogP contribution in [0.15, 0.2) is 18.2 Å². The number of rotatable bonds is 3. The van der Waals surface area contributed by atoms with Gasteiger partial charge in [-0.2, -0.15) is 0 Å². The number of carbonyl (C=O) groups is 1. The number of halogens is 1. The van der Waals surface area contributed by atoms with Gasteiger partial charge in [-0.25, -0.2) is 4.39 Å². The third-order valence-corrected chi connectivity index (χ3v) is 1.97. The van der Waals surface area contributed by atoms with E-state index in [0.717, 1.165) is 6.07 Å². The van der Waals surface area contributed by atoms with Gasteiger partial charge in [0.05, 0.1) is 7.11 Å². The zero-order valence-electron chi connectivity index (χ0n) is 8.24. The zero-order valence-corrected chi connectivity index (χ0v) is 8.24. The predicted octanol–water partition coefficient (Wildman–Crippen LogP) is 0.574. The van der Waals surface area contributed by atoms with Gasteiger partial charge in [0.25, 0.3) is 0 Å². The molecule has 0 aliphatic carbocycles. The first-order valence-corrected chi connectivity index (χ1v) is 4.35. The molecule has 0 spiro atoms. The van der Waals surface area contributed by atoms with Gasteiger partial charge < -0.3 is 15.6 Å². The number of carbonyl (C=O) groups excluding carboxylic acids is 1. The summed E-state index contributed by atoms with van der Waals surface area (Å²) in [7, 11) is 1.24. The first kappa shape index (κ1) is 11.5. The van der Waals surface area contributed by atoms with E-state index in [1.165, 1.54) is 19.2 Å². The van der Waals surface area contributed by atoms with Gasteiger partial charge in [0, 0.05) is 0 Å². The molecule has 1 aromatic carbocycles. The molecule has 0 radical (unpaired) electrons. The zero-order chi connectivity index (χ0) is 11.4. The Morgan fingerprint density at radius 1 is 1.67 bits per heavy atom. The molecule has 5 heteroatoms. The van der Waals surface area contributed by atoms with Crippen molar-refractivity contribution in [1.29, 1.82) is 0 Å². The van der Waals surface area contributed by atoms with Crippen molar-refractivity contribution in [1.82, 2.24) is 0 Å². The maximum atomic E-state index is 12.7. The van der Waals surface area contributed by atoms with Crippen LogP contribution < -0.4 is 5.73 Å². The van der Waals surface area contributed by atoms with Gasteiger partial charge in [-0.05, 0) is 24.1 Å². The molecule has 0 bridgehead atoms. The molecule has 1 rings (SSSR count). The summed E-state index contributed by atoms with van der Waals surface area (Å²) >= 11 is 0. The molecule has 82 valence electrons. The van der Waals surface area contributed by atoms with Crippen LogP contribution in [0.1, 0.15) is 5.56 Å². The summed E-state index contributed by atoms with van der Waals surface area (Å²) in [4.78, 5) is 11.0. The summed E-state index contributed by atoms with van der Waals surface area (Å²) in [6.45, 7) is 0. The number of aromatic hydroxyl groups is 1. The molecule has 15 heavy (non-hydrogen) atoms. The molecule has 1 atom stereocenters. The molecule has 4 nitrogen and oxygen atoms in total.